The third-order valence-corrected chi connectivity index (χ3v) is 6.88. The first-order chi connectivity index (χ1) is 19.9. The first-order valence-electron chi connectivity index (χ1n) is 12.3. The molecule has 2 amide bonds. The molecule has 6 rings (SSSR count). The molecule has 0 spiro atoms. The molecule has 3 heterocycles. The lowest BCUT2D eigenvalue weighted by Gasteiger charge is -2.16. The quantitative estimate of drug-likeness (QED) is 0.225. The molecule has 13 heteroatoms. The molecule has 2 aromatic carbocycles. The van der Waals surface area contributed by atoms with Gasteiger partial charge < -0.3 is 24.5 Å². The number of methoxy groups -OCH3 is 1. The molecule has 0 unspecified atom stereocenters. The van der Waals surface area contributed by atoms with Gasteiger partial charge in [-0.2, -0.15) is 0 Å². The fourth-order valence-corrected chi connectivity index (χ4v) is 4.46. The molecule has 0 bridgehead atoms. The Labute approximate surface area is 236 Å². The van der Waals surface area contributed by atoms with E-state index in [-0.39, 0.29) is 22.5 Å². The molecular formula is C28H20ClFN6O5. The summed E-state index contributed by atoms with van der Waals surface area (Å²) in [6, 6.07) is 11.9. The summed E-state index contributed by atoms with van der Waals surface area (Å²) in [6.07, 6.45) is 4.91. The average Bonchev–Trinajstić information content (AvgIpc) is 3.62. The van der Waals surface area contributed by atoms with Gasteiger partial charge in [0.25, 0.3) is 5.89 Å². The average molecular weight is 575 g/mol. The van der Waals surface area contributed by atoms with Crippen molar-refractivity contribution < 1.29 is 27.9 Å². The topological polar surface area (TPSA) is 141 Å². The van der Waals surface area contributed by atoms with Gasteiger partial charge in [-0.1, -0.05) is 11.6 Å². The van der Waals surface area contributed by atoms with E-state index in [1.54, 1.807) is 24.4 Å². The summed E-state index contributed by atoms with van der Waals surface area (Å²) >= 11 is 6.47. The Morgan fingerprint density at radius 2 is 1.76 bits per heavy atom. The molecule has 2 N–H and O–H groups in total. The predicted molar refractivity (Wildman–Crippen MR) is 146 cm³/mol. The lowest BCUT2D eigenvalue weighted by Crippen LogP contribution is -2.35. The highest BCUT2D eigenvalue weighted by Gasteiger charge is 2.56. The van der Waals surface area contributed by atoms with Crippen molar-refractivity contribution >= 4 is 45.7 Å². The smallest absolute Gasteiger partial charge is 0.251 e. The predicted octanol–water partition coefficient (Wildman–Crippen LogP) is 5.63. The van der Waals surface area contributed by atoms with Crippen LogP contribution in [0.25, 0.3) is 22.4 Å². The second kappa shape index (κ2) is 10.5. The van der Waals surface area contributed by atoms with Gasteiger partial charge in [0.05, 0.1) is 30.1 Å². The number of halogens is 2. The summed E-state index contributed by atoms with van der Waals surface area (Å²) in [6.45, 7) is 0. The number of anilines is 2. The van der Waals surface area contributed by atoms with Crippen molar-refractivity contribution in [3.63, 3.8) is 0 Å². The lowest BCUT2D eigenvalue weighted by atomic mass is 10.0. The summed E-state index contributed by atoms with van der Waals surface area (Å²) in [5.41, 5.74) is 0.578. The van der Waals surface area contributed by atoms with Crippen LogP contribution in [-0.4, -0.2) is 39.1 Å². The molecule has 11 nitrogen and oxygen atoms in total. The molecule has 206 valence electrons. The van der Waals surface area contributed by atoms with Gasteiger partial charge in [0.2, 0.25) is 24.1 Å². The van der Waals surface area contributed by atoms with E-state index in [4.69, 9.17) is 25.5 Å². The number of carbonyl (C=O) groups excluding carboxylic acids is 2. The van der Waals surface area contributed by atoms with Gasteiger partial charge in [0.1, 0.15) is 27.8 Å². The van der Waals surface area contributed by atoms with E-state index < -0.39 is 23.0 Å². The van der Waals surface area contributed by atoms with Crippen molar-refractivity contribution in [1.29, 1.82) is 0 Å². The highest BCUT2D eigenvalue weighted by Crippen LogP contribution is 2.48. The Kier molecular flexibility index (Phi) is 6.67. The molecule has 3 aromatic heterocycles. The summed E-state index contributed by atoms with van der Waals surface area (Å²) < 4.78 is 30.0. The third-order valence-electron chi connectivity index (χ3n) is 6.61. The molecule has 1 aliphatic rings. The second-order valence-electron chi connectivity index (χ2n) is 9.23. The molecule has 1 aliphatic carbocycles. The Balaban J connectivity index is 1.20. The zero-order chi connectivity index (χ0) is 28.6. The number of fused-ring (bicyclic) bond motifs is 1. The van der Waals surface area contributed by atoms with Crippen LogP contribution >= 0.6 is 11.6 Å². The van der Waals surface area contributed by atoms with E-state index >= 15 is 0 Å². The minimum Gasteiger partial charge on any atom is -0.496 e. The van der Waals surface area contributed by atoms with Crippen LogP contribution in [0, 0.1) is 11.2 Å². The van der Waals surface area contributed by atoms with Gasteiger partial charge in [-0.3, -0.25) is 14.6 Å². The van der Waals surface area contributed by atoms with Gasteiger partial charge in [0.15, 0.2) is 0 Å². The van der Waals surface area contributed by atoms with Crippen LogP contribution in [0.2, 0.25) is 5.02 Å². The summed E-state index contributed by atoms with van der Waals surface area (Å²) in [5.74, 6) is -0.156. The fraction of sp³-hybridized carbons (Fsp3) is 0.143. The number of nitrogens with one attached hydrogen (secondary N) is 2. The maximum atomic E-state index is 13.2. The Bertz CT molecular complexity index is 1780. The number of rotatable bonds is 8. The molecule has 5 aromatic rings. The largest absolute Gasteiger partial charge is 0.496 e. The van der Waals surface area contributed by atoms with Crippen LogP contribution in [0.15, 0.2) is 71.7 Å². The van der Waals surface area contributed by atoms with Crippen molar-refractivity contribution in [2.24, 2.45) is 5.41 Å². The molecule has 0 aliphatic heterocycles. The highest BCUT2D eigenvalue weighted by molar-refractivity contribution is 6.32. The van der Waals surface area contributed by atoms with E-state index in [1.807, 2.05) is 0 Å². The highest BCUT2D eigenvalue weighted by atomic mass is 35.5. The fourth-order valence-electron chi connectivity index (χ4n) is 4.25. The van der Waals surface area contributed by atoms with Gasteiger partial charge in [-0.05, 0) is 55.3 Å². The number of aromatic nitrogens is 4. The van der Waals surface area contributed by atoms with Gasteiger partial charge in [0, 0.05) is 23.3 Å². The first-order valence-corrected chi connectivity index (χ1v) is 12.7. The minimum atomic E-state index is -1.23. The van der Waals surface area contributed by atoms with E-state index in [0.717, 1.165) is 0 Å². The third kappa shape index (κ3) is 5.12. The first kappa shape index (κ1) is 26.1. The van der Waals surface area contributed by atoms with Crippen LogP contribution < -0.4 is 20.1 Å². The second-order valence-corrected chi connectivity index (χ2v) is 9.64. The van der Waals surface area contributed by atoms with Crippen molar-refractivity contribution in [3.05, 3.63) is 78.2 Å². The number of amides is 2. The molecule has 0 radical (unpaired) electrons. The standard InChI is InChI=1S/C28H20ClFN6O5/c1-39-23-12-21-18(11-19(23)24-36-33-14-40-24)22(6-9-31-21)41-25-20(29)10-17(13-32-25)35-27(38)28(7-8-28)26(37)34-16-4-2-15(30)3-5-16/h2-6,9-14H,7-8H2,1H3,(H,34,37)(H,35,38). The zero-order valence-corrected chi connectivity index (χ0v) is 22.1. The number of carbonyl (C=O) groups is 2. The number of ether oxygens (including phenoxy) is 2. The number of pyridine rings is 2. The SMILES string of the molecule is COc1cc2nccc(Oc3ncc(NC(=O)C4(C(=O)Nc5ccc(F)cc5)CC4)cc3Cl)c2cc1-c1nnco1. The molecule has 0 atom stereocenters. The Morgan fingerprint density at radius 3 is 2.41 bits per heavy atom. The van der Waals surface area contributed by atoms with Crippen LogP contribution in [0.4, 0.5) is 15.8 Å². The van der Waals surface area contributed by atoms with Crippen LogP contribution in [0.5, 0.6) is 17.4 Å². The molecular weight excluding hydrogens is 555 g/mol. The minimum absolute atomic E-state index is 0.0857. The zero-order valence-electron chi connectivity index (χ0n) is 21.4. The summed E-state index contributed by atoms with van der Waals surface area (Å²) in [7, 11) is 1.52. The lowest BCUT2D eigenvalue weighted by molar-refractivity contribution is -0.131. The van der Waals surface area contributed by atoms with Crippen molar-refractivity contribution in [3.8, 4) is 28.8 Å². The van der Waals surface area contributed by atoms with Crippen molar-refractivity contribution in [2.75, 3.05) is 17.7 Å². The van der Waals surface area contributed by atoms with Crippen LogP contribution in [-0.2, 0) is 9.59 Å². The monoisotopic (exact) mass is 574 g/mol. The maximum absolute atomic E-state index is 13.2. The van der Waals surface area contributed by atoms with Crippen molar-refractivity contribution in [2.45, 2.75) is 12.8 Å². The normalized spacial score (nSPS) is 13.4. The van der Waals surface area contributed by atoms with E-state index in [2.05, 4.69) is 30.8 Å². The van der Waals surface area contributed by atoms with E-state index in [0.29, 0.717) is 46.5 Å². The molecule has 1 fully saturated rings. The van der Waals surface area contributed by atoms with Gasteiger partial charge >= 0.3 is 0 Å². The Morgan fingerprint density at radius 1 is 1.00 bits per heavy atom. The van der Waals surface area contributed by atoms with E-state index in [1.165, 1.54) is 50.0 Å². The number of hydrogen-bond acceptors (Lipinski definition) is 9. The van der Waals surface area contributed by atoms with Crippen molar-refractivity contribution in [1.82, 2.24) is 20.2 Å². The summed E-state index contributed by atoms with van der Waals surface area (Å²) in [4.78, 5) is 34.5. The Hall–Kier alpha value is -5.10. The van der Waals surface area contributed by atoms with E-state index in [9.17, 15) is 14.0 Å². The summed E-state index contributed by atoms with van der Waals surface area (Å²) in [5, 5.41) is 13.8. The molecule has 1 saturated carbocycles. The van der Waals surface area contributed by atoms with Gasteiger partial charge in [-0.15, -0.1) is 10.2 Å². The number of nitrogens with zero attached hydrogens (tertiary/aromatic N) is 4. The molecule has 0 saturated heterocycles. The van der Waals surface area contributed by atoms with Crippen LogP contribution in [0.1, 0.15) is 12.8 Å². The maximum Gasteiger partial charge on any atom is 0.251 e. The van der Waals surface area contributed by atoms with Crippen LogP contribution in [0.3, 0.4) is 0 Å². The van der Waals surface area contributed by atoms with Gasteiger partial charge in [-0.25, -0.2) is 9.37 Å². The number of hydrogen-bond donors (Lipinski definition) is 2. The molecule has 41 heavy (non-hydrogen) atoms. The number of benzene rings is 2.